The maximum absolute atomic E-state index is 5.47. The van der Waals surface area contributed by atoms with Crippen molar-refractivity contribution in [3.05, 3.63) is 29.5 Å². The zero-order valence-electron chi connectivity index (χ0n) is 7.07. The van der Waals surface area contributed by atoms with E-state index in [1.54, 1.807) is 0 Å². The van der Waals surface area contributed by atoms with Crippen LogP contribution in [0, 0.1) is 6.92 Å². The molecule has 0 aliphatic rings. The fraction of sp³-hybridized carbons (Fsp3) is 0.111. The Balaban J connectivity index is 2.76. The van der Waals surface area contributed by atoms with Gasteiger partial charge in [-0.15, -0.1) is 0 Å². The molecule has 0 saturated heterocycles. The Morgan fingerprint density at radius 3 is 3.00 bits per heavy atom. The number of aromatic nitrogens is 1. The van der Waals surface area contributed by atoms with E-state index in [9.17, 15) is 0 Å². The van der Waals surface area contributed by atoms with Gasteiger partial charge in [-0.1, -0.05) is 23.4 Å². The average molecular weight is 192 g/mol. The molecule has 2 N–H and O–H groups in total. The van der Waals surface area contributed by atoms with E-state index in [2.05, 4.69) is 5.16 Å². The van der Waals surface area contributed by atoms with Crippen LogP contribution in [-0.4, -0.2) is 10.1 Å². The minimum absolute atomic E-state index is 0.266. The summed E-state index contributed by atoms with van der Waals surface area (Å²) in [4.78, 5) is 0.266. The first kappa shape index (κ1) is 8.19. The monoisotopic (exact) mass is 192 g/mol. The smallest absolute Gasteiger partial charge is 0.167 e. The van der Waals surface area contributed by atoms with E-state index in [0.29, 0.717) is 5.69 Å². The molecule has 1 aromatic carbocycles. The molecular weight excluding hydrogens is 184 g/mol. The quantitative estimate of drug-likeness (QED) is 0.699. The Morgan fingerprint density at radius 1 is 1.54 bits per heavy atom. The molecule has 66 valence electrons. The van der Waals surface area contributed by atoms with Crippen molar-refractivity contribution in [3.8, 4) is 0 Å². The van der Waals surface area contributed by atoms with E-state index in [-0.39, 0.29) is 4.99 Å². The van der Waals surface area contributed by atoms with Gasteiger partial charge in [0.15, 0.2) is 5.58 Å². The summed E-state index contributed by atoms with van der Waals surface area (Å²) in [7, 11) is 0. The number of fused-ring (bicyclic) bond motifs is 1. The van der Waals surface area contributed by atoms with Crippen molar-refractivity contribution in [2.24, 2.45) is 5.73 Å². The molecular formula is C9H8N2OS. The van der Waals surface area contributed by atoms with Gasteiger partial charge in [0.2, 0.25) is 0 Å². The molecule has 0 unspecified atom stereocenters. The van der Waals surface area contributed by atoms with Crippen LogP contribution in [0.25, 0.3) is 11.0 Å². The van der Waals surface area contributed by atoms with E-state index in [1.807, 2.05) is 25.1 Å². The summed E-state index contributed by atoms with van der Waals surface area (Å²) in [6.07, 6.45) is 0. The second kappa shape index (κ2) is 2.81. The van der Waals surface area contributed by atoms with Gasteiger partial charge in [0, 0.05) is 0 Å². The second-order valence-electron chi connectivity index (χ2n) is 2.90. The van der Waals surface area contributed by atoms with Crippen LogP contribution in [0.2, 0.25) is 0 Å². The van der Waals surface area contributed by atoms with Gasteiger partial charge < -0.3 is 10.3 Å². The number of thiocarbonyl (C=S) groups is 1. The van der Waals surface area contributed by atoms with Gasteiger partial charge in [-0.25, -0.2) is 0 Å². The number of hydrogen-bond donors (Lipinski definition) is 1. The van der Waals surface area contributed by atoms with E-state index in [0.717, 1.165) is 16.5 Å². The number of benzene rings is 1. The Morgan fingerprint density at radius 2 is 2.31 bits per heavy atom. The van der Waals surface area contributed by atoms with Crippen LogP contribution in [0.15, 0.2) is 22.7 Å². The minimum Gasteiger partial charge on any atom is -0.388 e. The molecule has 0 radical (unpaired) electrons. The van der Waals surface area contributed by atoms with Crippen LogP contribution in [0.4, 0.5) is 0 Å². The Kier molecular flexibility index (Phi) is 1.77. The van der Waals surface area contributed by atoms with Gasteiger partial charge in [0.05, 0.1) is 5.39 Å². The van der Waals surface area contributed by atoms with Crippen molar-refractivity contribution < 1.29 is 4.52 Å². The Bertz CT molecular complexity index is 475. The van der Waals surface area contributed by atoms with Crippen molar-refractivity contribution in [2.45, 2.75) is 6.92 Å². The highest BCUT2D eigenvalue weighted by Crippen LogP contribution is 2.19. The topological polar surface area (TPSA) is 52.0 Å². The van der Waals surface area contributed by atoms with Gasteiger partial charge >= 0.3 is 0 Å². The first-order valence-electron chi connectivity index (χ1n) is 3.84. The fourth-order valence-electron chi connectivity index (χ4n) is 1.22. The maximum atomic E-state index is 5.47. The van der Waals surface area contributed by atoms with Crippen LogP contribution < -0.4 is 5.73 Å². The number of aryl methyl sites for hydroxylation is 1. The third kappa shape index (κ3) is 1.29. The molecule has 0 saturated carbocycles. The maximum Gasteiger partial charge on any atom is 0.167 e. The zero-order valence-corrected chi connectivity index (χ0v) is 7.89. The van der Waals surface area contributed by atoms with Crippen LogP contribution in [0.5, 0.6) is 0 Å². The summed E-state index contributed by atoms with van der Waals surface area (Å²) in [6, 6.07) is 5.79. The standard InChI is InChI=1S/C9H8N2OS/c1-5-2-3-6-7(4-5)12-11-8(6)9(10)13/h2-4H,1H3,(H2,10,13). The van der Waals surface area contributed by atoms with Gasteiger partial charge in [0.1, 0.15) is 10.7 Å². The van der Waals surface area contributed by atoms with Gasteiger partial charge in [0.25, 0.3) is 0 Å². The van der Waals surface area contributed by atoms with Crippen molar-refractivity contribution in [2.75, 3.05) is 0 Å². The molecule has 0 spiro atoms. The minimum atomic E-state index is 0.266. The van der Waals surface area contributed by atoms with Crippen molar-refractivity contribution in [1.82, 2.24) is 5.16 Å². The number of nitrogens with zero attached hydrogens (tertiary/aromatic N) is 1. The molecule has 3 nitrogen and oxygen atoms in total. The molecule has 0 aliphatic carbocycles. The lowest BCUT2D eigenvalue weighted by molar-refractivity contribution is 0.455. The van der Waals surface area contributed by atoms with Crippen molar-refractivity contribution >= 4 is 28.2 Å². The highest BCUT2D eigenvalue weighted by Gasteiger charge is 2.09. The van der Waals surface area contributed by atoms with Crippen molar-refractivity contribution in [3.63, 3.8) is 0 Å². The Labute approximate surface area is 80.5 Å². The normalized spacial score (nSPS) is 10.5. The fourth-order valence-corrected chi connectivity index (χ4v) is 1.37. The highest BCUT2D eigenvalue weighted by molar-refractivity contribution is 7.80. The first-order valence-corrected chi connectivity index (χ1v) is 4.25. The molecule has 1 heterocycles. The van der Waals surface area contributed by atoms with E-state index in [4.69, 9.17) is 22.5 Å². The SMILES string of the molecule is Cc1ccc2c(C(N)=S)noc2c1. The molecule has 0 bridgehead atoms. The summed E-state index contributed by atoms with van der Waals surface area (Å²) in [6.45, 7) is 1.99. The average Bonchev–Trinajstić information content (AvgIpc) is 2.46. The molecule has 4 heteroatoms. The predicted molar refractivity (Wildman–Crippen MR) is 54.6 cm³/mol. The Hall–Kier alpha value is -1.42. The molecule has 0 atom stereocenters. The van der Waals surface area contributed by atoms with E-state index in [1.165, 1.54) is 0 Å². The van der Waals surface area contributed by atoms with Gasteiger partial charge in [-0.3, -0.25) is 0 Å². The second-order valence-corrected chi connectivity index (χ2v) is 3.33. The number of hydrogen-bond acceptors (Lipinski definition) is 3. The third-order valence-electron chi connectivity index (χ3n) is 1.86. The van der Waals surface area contributed by atoms with E-state index < -0.39 is 0 Å². The highest BCUT2D eigenvalue weighted by atomic mass is 32.1. The van der Waals surface area contributed by atoms with Crippen LogP contribution in [0.3, 0.4) is 0 Å². The van der Waals surface area contributed by atoms with Gasteiger partial charge in [-0.05, 0) is 24.6 Å². The molecule has 2 rings (SSSR count). The molecule has 13 heavy (non-hydrogen) atoms. The summed E-state index contributed by atoms with van der Waals surface area (Å²) < 4.78 is 5.07. The first-order chi connectivity index (χ1) is 6.18. The van der Waals surface area contributed by atoms with E-state index >= 15 is 0 Å². The molecule has 0 fully saturated rings. The summed E-state index contributed by atoms with van der Waals surface area (Å²) >= 11 is 4.83. The number of rotatable bonds is 1. The molecule has 0 amide bonds. The lowest BCUT2D eigenvalue weighted by Gasteiger charge is -1.91. The summed E-state index contributed by atoms with van der Waals surface area (Å²) in [5, 5.41) is 4.67. The molecule has 0 aliphatic heterocycles. The third-order valence-corrected chi connectivity index (χ3v) is 2.05. The van der Waals surface area contributed by atoms with Crippen LogP contribution >= 0.6 is 12.2 Å². The molecule has 1 aromatic heterocycles. The predicted octanol–water partition coefficient (Wildman–Crippen LogP) is 1.77. The summed E-state index contributed by atoms with van der Waals surface area (Å²) in [5.41, 5.74) is 7.88. The van der Waals surface area contributed by atoms with Crippen molar-refractivity contribution in [1.29, 1.82) is 0 Å². The van der Waals surface area contributed by atoms with Crippen LogP contribution in [-0.2, 0) is 0 Å². The zero-order chi connectivity index (χ0) is 9.42. The lowest BCUT2D eigenvalue weighted by Crippen LogP contribution is -2.09. The lowest BCUT2D eigenvalue weighted by atomic mass is 10.1. The summed E-state index contributed by atoms with van der Waals surface area (Å²) in [5.74, 6) is 0. The largest absolute Gasteiger partial charge is 0.388 e. The van der Waals surface area contributed by atoms with Gasteiger partial charge in [-0.2, -0.15) is 0 Å². The number of nitrogens with two attached hydrogens (primary N) is 1. The van der Waals surface area contributed by atoms with Crippen LogP contribution in [0.1, 0.15) is 11.3 Å². The molecule has 2 aromatic rings.